The summed E-state index contributed by atoms with van der Waals surface area (Å²) in [4.78, 5) is 23.2. The third kappa shape index (κ3) is 4.38. The van der Waals surface area contributed by atoms with Crippen LogP contribution in [0.15, 0.2) is 113 Å². The van der Waals surface area contributed by atoms with Crippen molar-refractivity contribution in [2.45, 2.75) is 17.1 Å². The summed E-state index contributed by atoms with van der Waals surface area (Å²) in [5.41, 5.74) is 0.779. The Bertz CT molecular complexity index is 2180. The number of nitrogens with zero attached hydrogens (tertiary/aromatic N) is 6. The first-order chi connectivity index (χ1) is 20.4. The minimum absolute atomic E-state index is 0.0358. The minimum atomic E-state index is -4.67. The summed E-state index contributed by atoms with van der Waals surface area (Å²) in [6.07, 6.45) is -4.67. The number of halogens is 3. The molecule has 206 valence electrons. The molecular formula is C31H19F3N6OS. The minimum Gasteiger partial charge on any atom is -0.268 e. The molecule has 0 aliphatic rings. The molecule has 0 radical (unpaired) electrons. The van der Waals surface area contributed by atoms with E-state index < -0.39 is 17.3 Å². The van der Waals surface area contributed by atoms with Crippen LogP contribution in [0, 0.1) is 0 Å². The van der Waals surface area contributed by atoms with Crippen LogP contribution in [0.4, 0.5) is 13.2 Å². The Labute approximate surface area is 240 Å². The molecule has 11 heteroatoms. The standard InChI is InChI=1S/C31H19F3N6OS/c32-31(33,34)22-14-6-9-17-25(22)39-26(35-24-16-8-5-13-21(24)29(39)41)18-42-30-38-37-28-20-12-4-7-15-23(20)36-27(40(28)30)19-10-2-1-3-11-19/h1-17H,18H2. The zero-order valence-corrected chi connectivity index (χ0v) is 22.5. The molecule has 0 spiro atoms. The van der Waals surface area contributed by atoms with E-state index in [9.17, 15) is 18.0 Å². The van der Waals surface area contributed by atoms with E-state index in [0.717, 1.165) is 27.1 Å². The molecule has 42 heavy (non-hydrogen) atoms. The summed E-state index contributed by atoms with van der Waals surface area (Å²) < 4.78 is 45.1. The fourth-order valence-electron chi connectivity index (χ4n) is 5.00. The highest BCUT2D eigenvalue weighted by Crippen LogP contribution is 2.35. The Morgan fingerprint density at radius 2 is 1.36 bits per heavy atom. The van der Waals surface area contributed by atoms with Crippen LogP contribution < -0.4 is 5.56 Å². The van der Waals surface area contributed by atoms with Gasteiger partial charge in [-0.15, -0.1) is 10.2 Å². The highest BCUT2D eigenvalue weighted by atomic mass is 32.2. The van der Waals surface area contributed by atoms with Gasteiger partial charge >= 0.3 is 6.18 Å². The van der Waals surface area contributed by atoms with Crippen LogP contribution in [0.25, 0.3) is 44.5 Å². The molecule has 7 aromatic rings. The van der Waals surface area contributed by atoms with Crippen LogP contribution in [0.3, 0.4) is 0 Å². The third-order valence-corrected chi connectivity index (χ3v) is 7.80. The van der Waals surface area contributed by atoms with Gasteiger partial charge < -0.3 is 0 Å². The Morgan fingerprint density at radius 1 is 0.714 bits per heavy atom. The van der Waals surface area contributed by atoms with Crippen molar-refractivity contribution < 1.29 is 13.2 Å². The van der Waals surface area contributed by atoms with Crippen molar-refractivity contribution in [2.24, 2.45) is 0 Å². The van der Waals surface area contributed by atoms with Gasteiger partial charge in [0.25, 0.3) is 5.56 Å². The van der Waals surface area contributed by atoms with Crippen LogP contribution >= 0.6 is 11.8 Å². The molecule has 0 amide bonds. The van der Waals surface area contributed by atoms with Crippen LogP contribution in [-0.2, 0) is 11.9 Å². The van der Waals surface area contributed by atoms with Crippen molar-refractivity contribution >= 4 is 39.2 Å². The van der Waals surface area contributed by atoms with Crippen molar-refractivity contribution in [1.29, 1.82) is 0 Å². The Balaban J connectivity index is 1.41. The predicted molar refractivity (Wildman–Crippen MR) is 156 cm³/mol. The van der Waals surface area contributed by atoms with Gasteiger partial charge in [0, 0.05) is 10.9 Å². The van der Waals surface area contributed by atoms with Crippen molar-refractivity contribution in [1.82, 2.24) is 29.1 Å². The van der Waals surface area contributed by atoms with E-state index in [-0.39, 0.29) is 22.7 Å². The fraction of sp³-hybridized carbons (Fsp3) is 0.0645. The summed E-state index contributed by atoms with van der Waals surface area (Å²) in [5, 5.41) is 10.4. The molecule has 7 rings (SSSR count). The smallest absolute Gasteiger partial charge is 0.268 e. The largest absolute Gasteiger partial charge is 0.418 e. The molecule has 0 atom stereocenters. The number of hydrogen-bond donors (Lipinski definition) is 0. The number of alkyl halides is 3. The third-order valence-electron chi connectivity index (χ3n) is 6.87. The Hall–Kier alpha value is -5.03. The molecule has 0 aliphatic carbocycles. The van der Waals surface area contributed by atoms with Crippen LogP contribution in [-0.4, -0.2) is 29.1 Å². The van der Waals surface area contributed by atoms with Crippen molar-refractivity contribution in [3.63, 3.8) is 0 Å². The lowest BCUT2D eigenvalue weighted by Gasteiger charge is -2.18. The van der Waals surface area contributed by atoms with Gasteiger partial charge in [0.05, 0.1) is 33.4 Å². The highest BCUT2D eigenvalue weighted by molar-refractivity contribution is 7.98. The Morgan fingerprint density at radius 3 is 2.12 bits per heavy atom. The zero-order valence-electron chi connectivity index (χ0n) is 21.7. The van der Waals surface area contributed by atoms with E-state index in [0.29, 0.717) is 22.1 Å². The fourth-order valence-corrected chi connectivity index (χ4v) is 5.85. The predicted octanol–water partition coefficient (Wildman–Crippen LogP) is 6.95. The lowest BCUT2D eigenvalue weighted by Crippen LogP contribution is -2.26. The van der Waals surface area contributed by atoms with E-state index in [4.69, 9.17) is 4.98 Å². The first kappa shape index (κ1) is 25.9. The second-order valence-corrected chi connectivity index (χ2v) is 10.4. The maximum Gasteiger partial charge on any atom is 0.418 e. The molecule has 0 fully saturated rings. The first-order valence-corrected chi connectivity index (χ1v) is 13.9. The van der Waals surface area contributed by atoms with Crippen molar-refractivity contribution in [3.05, 3.63) is 125 Å². The van der Waals surface area contributed by atoms with Crippen LogP contribution in [0.5, 0.6) is 0 Å². The normalized spacial score (nSPS) is 12.0. The number of aromatic nitrogens is 6. The van der Waals surface area contributed by atoms with Gasteiger partial charge in [-0.2, -0.15) is 13.2 Å². The maximum atomic E-state index is 14.1. The van der Waals surface area contributed by atoms with Crippen LogP contribution in [0.2, 0.25) is 0 Å². The van der Waals surface area contributed by atoms with Gasteiger partial charge in [0.2, 0.25) is 0 Å². The van der Waals surface area contributed by atoms with E-state index >= 15 is 0 Å². The summed E-state index contributed by atoms with van der Waals surface area (Å²) in [7, 11) is 0. The van der Waals surface area contributed by atoms with E-state index in [1.165, 1.54) is 30.0 Å². The number of hydrogen-bond acceptors (Lipinski definition) is 6. The van der Waals surface area contributed by atoms with Gasteiger partial charge in [0.1, 0.15) is 11.6 Å². The first-order valence-electron chi connectivity index (χ1n) is 12.9. The molecule has 0 unspecified atom stereocenters. The summed E-state index contributed by atoms with van der Waals surface area (Å²) in [6, 6.07) is 28.8. The highest BCUT2D eigenvalue weighted by Gasteiger charge is 2.34. The number of benzene rings is 4. The van der Waals surface area contributed by atoms with Crippen molar-refractivity contribution in [3.8, 4) is 17.1 Å². The van der Waals surface area contributed by atoms with Gasteiger partial charge in [0.15, 0.2) is 10.8 Å². The number of fused-ring (bicyclic) bond motifs is 4. The topological polar surface area (TPSA) is 78.0 Å². The summed E-state index contributed by atoms with van der Waals surface area (Å²) >= 11 is 1.21. The molecule has 0 saturated heterocycles. The van der Waals surface area contributed by atoms with Gasteiger partial charge in [-0.1, -0.05) is 78.5 Å². The van der Waals surface area contributed by atoms with E-state index in [2.05, 4.69) is 15.2 Å². The van der Waals surface area contributed by atoms with Gasteiger partial charge in [-0.05, 0) is 36.4 Å². The number of para-hydroxylation sites is 3. The SMILES string of the molecule is O=c1c2ccccc2nc(CSc2nnc3c4ccccc4nc(-c4ccccc4)n23)n1-c1ccccc1C(F)(F)F. The molecule has 0 bridgehead atoms. The summed E-state index contributed by atoms with van der Waals surface area (Å²) in [6.45, 7) is 0. The molecule has 0 saturated carbocycles. The molecule has 3 aromatic heterocycles. The average Bonchev–Trinajstić information content (AvgIpc) is 3.44. The molecule has 4 aromatic carbocycles. The van der Waals surface area contributed by atoms with E-state index in [1.807, 2.05) is 59.0 Å². The molecule has 0 aliphatic heterocycles. The van der Waals surface area contributed by atoms with E-state index in [1.54, 1.807) is 24.3 Å². The quantitative estimate of drug-likeness (QED) is 0.205. The van der Waals surface area contributed by atoms with Crippen LogP contribution in [0.1, 0.15) is 11.4 Å². The Kier molecular flexibility index (Phi) is 6.23. The second kappa shape index (κ2) is 10.1. The zero-order chi connectivity index (χ0) is 28.8. The monoisotopic (exact) mass is 580 g/mol. The van der Waals surface area contributed by atoms with Gasteiger partial charge in [-0.3, -0.25) is 13.8 Å². The molecule has 3 heterocycles. The number of thioether (sulfide) groups is 1. The molecular weight excluding hydrogens is 561 g/mol. The molecule has 7 nitrogen and oxygen atoms in total. The second-order valence-electron chi connectivity index (χ2n) is 9.45. The maximum absolute atomic E-state index is 14.1. The average molecular weight is 581 g/mol. The lowest BCUT2D eigenvalue weighted by atomic mass is 10.1. The number of rotatable bonds is 5. The summed E-state index contributed by atoms with van der Waals surface area (Å²) in [5.74, 6) is 0.795. The molecule has 0 N–H and O–H groups in total. The lowest BCUT2D eigenvalue weighted by molar-refractivity contribution is -0.137. The van der Waals surface area contributed by atoms with Crippen molar-refractivity contribution in [2.75, 3.05) is 0 Å². The van der Waals surface area contributed by atoms with Gasteiger partial charge in [-0.25, -0.2) is 9.97 Å².